The molecular formula is C18H16F5N3O3. The van der Waals surface area contributed by atoms with E-state index >= 15 is 0 Å². The van der Waals surface area contributed by atoms with Crippen molar-refractivity contribution >= 4 is 11.7 Å². The number of pyridine rings is 1. The number of hydrogen-bond acceptors (Lipinski definition) is 5. The lowest BCUT2D eigenvalue weighted by Crippen LogP contribution is -2.25. The molecular weight excluding hydrogens is 401 g/mol. The fourth-order valence-corrected chi connectivity index (χ4v) is 2.33. The van der Waals surface area contributed by atoms with Gasteiger partial charge in [-0.05, 0) is 29.8 Å². The SMILES string of the molecule is C=C/C(=C\C=C\c1ccc2nnc(C(F)(F)COCC3CO3)n2c1)OC(F)(F)F. The summed E-state index contributed by atoms with van der Waals surface area (Å²) in [5.74, 6) is -4.52. The van der Waals surface area contributed by atoms with Gasteiger partial charge in [0, 0.05) is 6.20 Å². The number of rotatable bonds is 9. The van der Waals surface area contributed by atoms with Crippen LogP contribution in [-0.4, -0.2) is 46.9 Å². The van der Waals surface area contributed by atoms with E-state index in [4.69, 9.17) is 9.47 Å². The van der Waals surface area contributed by atoms with Crippen molar-refractivity contribution in [2.45, 2.75) is 18.4 Å². The van der Waals surface area contributed by atoms with Crippen LogP contribution in [0, 0.1) is 0 Å². The Hall–Kier alpha value is -2.79. The molecule has 0 saturated carbocycles. The fraction of sp³-hybridized carbons (Fsp3) is 0.333. The van der Waals surface area contributed by atoms with Gasteiger partial charge in [-0.3, -0.25) is 4.40 Å². The summed E-state index contributed by atoms with van der Waals surface area (Å²) in [7, 11) is 0. The van der Waals surface area contributed by atoms with Crippen LogP contribution in [-0.2, 0) is 20.1 Å². The number of nitrogens with zero attached hydrogens (tertiary/aromatic N) is 3. The molecule has 0 bridgehead atoms. The average Bonchev–Trinajstić information content (AvgIpc) is 3.35. The molecule has 6 nitrogen and oxygen atoms in total. The Morgan fingerprint density at radius 1 is 1.28 bits per heavy atom. The Kier molecular flexibility index (Phi) is 5.99. The molecule has 3 heterocycles. The topological polar surface area (TPSA) is 61.2 Å². The number of allylic oxidation sites excluding steroid dienone is 3. The van der Waals surface area contributed by atoms with E-state index in [2.05, 4.69) is 21.5 Å². The van der Waals surface area contributed by atoms with Crippen LogP contribution in [0.4, 0.5) is 22.0 Å². The molecule has 1 aliphatic heterocycles. The number of alkyl halides is 5. The summed E-state index contributed by atoms with van der Waals surface area (Å²) < 4.78 is 80.3. The zero-order chi connectivity index (χ0) is 21.1. The van der Waals surface area contributed by atoms with Gasteiger partial charge in [0.15, 0.2) is 5.65 Å². The summed E-state index contributed by atoms with van der Waals surface area (Å²) in [5.41, 5.74) is 0.610. The minimum absolute atomic E-state index is 0.0677. The van der Waals surface area contributed by atoms with Gasteiger partial charge in [0.1, 0.15) is 18.5 Å². The third-order valence-corrected chi connectivity index (χ3v) is 3.73. The predicted octanol–water partition coefficient (Wildman–Crippen LogP) is 3.86. The zero-order valence-electron chi connectivity index (χ0n) is 14.9. The smallest absolute Gasteiger partial charge is 0.406 e. The highest BCUT2D eigenvalue weighted by molar-refractivity contribution is 5.54. The predicted molar refractivity (Wildman–Crippen MR) is 91.9 cm³/mol. The van der Waals surface area contributed by atoms with E-state index in [0.29, 0.717) is 12.2 Å². The highest BCUT2D eigenvalue weighted by atomic mass is 19.4. The first-order valence-corrected chi connectivity index (χ1v) is 8.37. The average molecular weight is 417 g/mol. The normalized spacial score (nSPS) is 17.8. The monoisotopic (exact) mass is 417 g/mol. The summed E-state index contributed by atoms with van der Waals surface area (Å²) in [6.07, 6.45) is 0.963. The van der Waals surface area contributed by atoms with Crippen LogP contribution < -0.4 is 0 Å². The molecule has 0 radical (unpaired) electrons. The van der Waals surface area contributed by atoms with E-state index in [-0.39, 0.29) is 18.4 Å². The molecule has 1 aliphatic rings. The highest BCUT2D eigenvalue weighted by Gasteiger charge is 2.38. The van der Waals surface area contributed by atoms with Gasteiger partial charge in [0.05, 0.1) is 13.2 Å². The van der Waals surface area contributed by atoms with Crippen LogP contribution in [0.3, 0.4) is 0 Å². The van der Waals surface area contributed by atoms with Crippen LogP contribution in [0.2, 0.25) is 0 Å². The second kappa shape index (κ2) is 8.29. The van der Waals surface area contributed by atoms with Gasteiger partial charge >= 0.3 is 12.3 Å². The first-order valence-electron chi connectivity index (χ1n) is 8.37. The molecule has 1 atom stereocenters. The molecule has 1 saturated heterocycles. The van der Waals surface area contributed by atoms with Crippen molar-refractivity contribution < 1.29 is 36.2 Å². The molecule has 3 rings (SSSR count). The van der Waals surface area contributed by atoms with Gasteiger partial charge in [-0.2, -0.15) is 8.78 Å². The maximum atomic E-state index is 14.4. The van der Waals surface area contributed by atoms with E-state index in [0.717, 1.165) is 16.6 Å². The van der Waals surface area contributed by atoms with Crippen LogP contribution >= 0.6 is 0 Å². The van der Waals surface area contributed by atoms with Crippen LogP contribution in [0.1, 0.15) is 11.4 Å². The fourth-order valence-electron chi connectivity index (χ4n) is 2.33. The minimum Gasteiger partial charge on any atom is -0.406 e. The Morgan fingerprint density at radius 3 is 2.69 bits per heavy atom. The minimum atomic E-state index is -4.84. The third-order valence-electron chi connectivity index (χ3n) is 3.73. The van der Waals surface area contributed by atoms with Gasteiger partial charge in [0.25, 0.3) is 0 Å². The molecule has 2 aromatic rings. The first-order chi connectivity index (χ1) is 13.7. The summed E-state index contributed by atoms with van der Waals surface area (Å²) in [6, 6.07) is 3.00. The molecule has 0 spiro atoms. The van der Waals surface area contributed by atoms with Crippen molar-refractivity contribution in [3.05, 3.63) is 60.3 Å². The molecule has 2 aromatic heterocycles. The zero-order valence-corrected chi connectivity index (χ0v) is 14.9. The van der Waals surface area contributed by atoms with Crippen LogP contribution in [0.5, 0.6) is 0 Å². The molecule has 0 N–H and O–H groups in total. The van der Waals surface area contributed by atoms with Crippen molar-refractivity contribution in [3.63, 3.8) is 0 Å². The molecule has 29 heavy (non-hydrogen) atoms. The van der Waals surface area contributed by atoms with Crippen molar-refractivity contribution in [1.82, 2.24) is 14.6 Å². The highest BCUT2D eigenvalue weighted by Crippen LogP contribution is 2.28. The second-order valence-electron chi connectivity index (χ2n) is 6.07. The van der Waals surface area contributed by atoms with Crippen LogP contribution in [0.25, 0.3) is 11.7 Å². The third kappa shape index (κ3) is 5.84. The van der Waals surface area contributed by atoms with E-state index in [1.54, 1.807) is 6.07 Å². The van der Waals surface area contributed by atoms with Crippen LogP contribution in [0.15, 0.2) is 48.9 Å². The van der Waals surface area contributed by atoms with Crippen molar-refractivity contribution in [2.75, 3.05) is 19.8 Å². The van der Waals surface area contributed by atoms with Gasteiger partial charge in [-0.1, -0.05) is 18.7 Å². The Morgan fingerprint density at radius 2 is 2.03 bits per heavy atom. The molecule has 156 valence electrons. The van der Waals surface area contributed by atoms with E-state index in [9.17, 15) is 22.0 Å². The number of hydrogen-bond donors (Lipinski definition) is 0. The number of aromatic nitrogens is 3. The summed E-state index contributed by atoms with van der Waals surface area (Å²) in [5, 5.41) is 7.24. The second-order valence-corrected chi connectivity index (χ2v) is 6.07. The number of halogens is 5. The molecule has 11 heteroatoms. The van der Waals surface area contributed by atoms with Gasteiger partial charge < -0.3 is 14.2 Å². The maximum absolute atomic E-state index is 14.4. The van der Waals surface area contributed by atoms with Crippen molar-refractivity contribution in [2.24, 2.45) is 0 Å². The molecule has 1 unspecified atom stereocenters. The van der Waals surface area contributed by atoms with E-state index < -0.39 is 30.5 Å². The first kappa shape index (κ1) is 20.9. The quantitative estimate of drug-likeness (QED) is 0.268. The molecule has 0 amide bonds. The molecule has 0 aliphatic carbocycles. The summed E-state index contributed by atoms with van der Waals surface area (Å²) in [6.45, 7) is 2.91. The van der Waals surface area contributed by atoms with Crippen molar-refractivity contribution in [3.8, 4) is 0 Å². The Labute approximate surface area is 161 Å². The van der Waals surface area contributed by atoms with E-state index in [1.807, 2.05) is 0 Å². The number of fused-ring (bicyclic) bond motifs is 1. The lowest BCUT2D eigenvalue weighted by Gasteiger charge is -2.14. The van der Waals surface area contributed by atoms with Gasteiger partial charge in [-0.25, -0.2) is 0 Å². The van der Waals surface area contributed by atoms with Gasteiger partial charge in [0.2, 0.25) is 5.82 Å². The number of epoxide rings is 1. The maximum Gasteiger partial charge on any atom is 0.573 e. The Balaban J connectivity index is 1.76. The molecule has 1 fully saturated rings. The summed E-state index contributed by atoms with van der Waals surface area (Å²) in [4.78, 5) is 0. The molecule has 0 aromatic carbocycles. The largest absolute Gasteiger partial charge is 0.573 e. The van der Waals surface area contributed by atoms with E-state index in [1.165, 1.54) is 24.4 Å². The lowest BCUT2D eigenvalue weighted by molar-refractivity contribution is -0.303. The van der Waals surface area contributed by atoms with Gasteiger partial charge in [-0.15, -0.1) is 23.4 Å². The summed E-state index contributed by atoms with van der Waals surface area (Å²) >= 11 is 0. The number of ether oxygens (including phenoxy) is 3. The standard InChI is InChI=1S/C18H16F5N3O3/c1-2-13(29-18(21,22)23)5-3-4-12-6-7-15-24-25-16(26(15)8-12)17(19,20)11-27-9-14-10-28-14/h2-8,14H,1,9-11H2/b4-3+,13-5+. The van der Waals surface area contributed by atoms with Crippen molar-refractivity contribution in [1.29, 1.82) is 0 Å². The Bertz CT molecular complexity index is 932. The lowest BCUT2D eigenvalue weighted by atomic mass is 10.2.